The summed E-state index contributed by atoms with van der Waals surface area (Å²) in [5.74, 6) is 1.60. The molecule has 0 fully saturated rings. The minimum absolute atomic E-state index is 0.183. The lowest BCUT2D eigenvalue weighted by molar-refractivity contribution is -0.178. The van der Waals surface area contributed by atoms with Crippen LogP contribution in [-0.2, 0) is 4.84 Å². The van der Waals surface area contributed by atoms with Crippen LogP contribution in [0.2, 0.25) is 0 Å². The van der Waals surface area contributed by atoms with Crippen molar-refractivity contribution in [2.75, 3.05) is 27.3 Å². The molecule has 4 nitrogen and oxygen atoms in total. The number of ether oxygens (including phenoxy) is 2. The average molecular weight is 285 g/mol. The number of hydroxylamine groups is 2. The Balaban J connectivity index is 2.05. The van der Waals surface area contributed by atoms with Crippen LogP contribution >= 0.6 is 0 Å². The third-order valence-electron chi connectivity index (χ3n) is 3.55. The summed E-state index contributed by atoms with van der Waals surface area (Å²) in [7, 11) is 3.58. The van der Waals surface area contributed by atoms with Gasteiger partial charge in [-0.05, 0) is 17.7 Å². The minimum Gasteiger partial charge on any atom is -0.497 e. The van der Waals surface area contributed by atoms with E-state index in [4.69, 9.17) is 14.3 Å². The van der Waals surface area contributed by atoms with E-state index in [0.29, 0.717) is 13.2 Å². The van der Waals surface area contributed by atoms with E-state index in [1.807, 2.05) is 48.5 Å². The van der Waals surface area contributed by atoms with Gasteiger partial charge in [0.25, 0.3) is 0 Å². The Bertz CT molecular complexity index is 600. The van der Waals surface area contributed by atoms with E-state index in [-0.39, 0.29) is 6.10 Å². The largest absolute Gasteiger partial charge is 0.497 e. The first-order valence-corrected chi connectivity index (χ1v) is 7.01. The maximum absolute atomic E-state index is 6.09. The van der Waals surface area contributed by atoms with Crippen LogP contribution in [0.1, 0.15) is 17.2 Å². The zero-order chi connectivity index (χ0) is 14.7. The third kappa shape index (κ3) is 3.01. The lowest BCUT2D eigenvalue weighted by atomic mass is 10.0. The van der Waals surface area contributed by atoms with Gasteiger partial charge in [0.2, 0.25) is 0 Å². The van der Waals surface area contributed by atoms with Crippen molar-refractivity contribution in [3.8, 4) is 11.5 Å². The predicted octanol–water partition coefficient (Wildman–Crippen LogP) is 3.04. The Morgan fingerprint density at radius 1 is 1.14 bits per heavy atom. The molecule has 1 aliphatic heterocycles. The van der Waals surface area contributed by atoms with Crippen LogP contribution in [0, 0.1) is 0 Å². The standard InChI is InChI=1S/C17H19NO3/c1-18-10-11-20-16-12-14(19-2)8-9-15(16)17(21-18)13-6-4-3-5-7-13/h3-9,12,17H,10-11H2,1-2H3. The van der Waals surface area contributed by atoms with Gasteiger partial charge in [-0.25, -0.2) is 0 Å². The Labute approximate surface area is 124 Å². The highest BCUT2D eigenvalue weighted by Crippen LogP contribution is 2.36. The van der Waals surface area contributed by atoms with E-state index in [9.17, 15) is 0 Å². The molecule has 1 atom stereocenters. The number of rotatable bonds is 2. The summed E-state index contributed by atoms with van der Waals surface area (Å²) >= 11 is 0. The van der Waals surface area contributed by atoms with Gasteiger partial charge < -0.3 is 9.47 Å². The van der Waals surface area contributed by atoms with Gasteiger partial charge in [-0.3, -0.25) is 4.84 Å². The number of hydrogen-bond acceptors (Lipinski definition) is 4. The summed E-state index contributed by atoms with van der Waals surface area (Å²) in [5, 5.41) is 1.82. The highest BCUT2D eigenvalue weighted by molar-refractivity contribution is 5.45. The molecule has 21 heavy (non-hydrogen) atoms. The van der Waals surface area contributed by atoms with Crippen LogP contribution in [0.5, 0.6) is 11.5 Å². The van der Waals surface area contributed by atoms with Gasteiger partial charge in [0.05, 0.1) is 13.7 Å². The van der Waals surface area contributed by atoms with Crippen molar-refractivity contribution in [2.45, 2.75) is 6.10 Å². The van der Waals surface area contributed by atoms with Gasteiger partial charge in [0, 0.05) is 18.7 Å². The fraction of sp³-hybridized carbons (Fsp3) is 0.294. The Morgan fingerprint density at radius 2 is 1.95 bits per heavy atom. The maximum atomic E-state index is 6.09. The molecule has 0 saturated carbocycles. The molecular weight excluding hydrogens is 266 g/mol. The maximum Gasteiger partial charge on any atom is 0.133 e. The minimum atomic E-state index is -0.183. The number of methoxy groups -OCH3 is 1. The summed E-state index contributed by atoms with van der Waals surface area (Å²) in [6, 6.07) is 16.0. The number of benzene rings is 2. The van der Waals surface area contributed by atoms with Crippen LogP contribution in [0.25, 0.3) is 0 Å². The van der Waals surface area contributed by atoms with E-state index < -0.39 is 0 Å². The molecule has 0 aromatic heterocycles. The highest BCUT2D eigenvalue weighted by atomic mass is 16.7. The first-order chi connectivity index (χ1) is 10.3. The number of likely N-dealkylation sites (N-methyl/N-ethyl adjacent to an activating group) is 1. The van der Waals surface area contributed by atoms with E-state index in [1.54, 1.807) is 7.11 Å². The first-order valence-electron chi connectivity index (χ1n) is 7.01. The molecular formula is C17H19NO3. The van der Waals surface area contributed by atoms with Crippen LogP contribution in [-0.4, -0.2) is 32.4 Å². The monoisotopic (exact) mass is 285 g/mol. The van der Waals surface area contributed by atoms with Crippen molar-refractivity contribution in [1.29, 1.82) is 0 Å². The summed E-state index contributed by atoms with van der Waals surface area (Å²) in [6.07, 6.45) is -0.183. The molecule has 1 unspecified atom stereocenters. The summed E-state index contributed by atoms with van der Waals surface area (Å²) in [6.45, 7) is 1.29. The first kappa shape index (κ1) is 13.9. The van der Waals surface area contributed by atoms with Crippen molar-refractivity contribution in [3.05, 3.63) is 59.7 Å². The number of hydrogen-bond donors (Lipinski definition) is 0. The van der Waals surface area contributed by atoms with E-state index in [2.05, 4.69) is 12.1 Å². The fourth-order valence-electron chi connectivity index (χ4n) is 2.43. The molecule has 0 spiro atoms. The quantitative estimate of drug-likeness (QED) is 0.848. The second-order valence-corrected chi connectivity index (χ2v) is 5.00. The highest BCUT2D eigenvalue weighted by Gasteiger charge is 2.24. The van der Waals surface area contributed by atoms with E-state index in [1.165, 1.54) is 0 Å². The molecule has 2 aromatic rings. The number of fused-ring (bicyclic) bond motifs is 1. The molecule has 2 aromatic carbocycles. The van der Waals surface area contributed by atoms with Gasteiger partial charge in [-0.15, -0.1) is 0 Å². The van der Waals surface area contributed by atoms with Gasteiger partial charge in [-0.2, -0.15) is 5.06 Å². The van der Waals surface area contributed by atoms with Gasteiger partial charge in [-0.1, -0.05) is 30.3 Å². The Morgan fingerprint density at radius 3 is 2.71 bits per heavy atom. The van der Waals surface area contributed by atoms with Crippen molar-refractivity contribution >= 4 is 0 Å². The van der Waals surface area contributed by atoms with Crippen LogP contribution < -0.4 is 9.47 Å². The molecule has 0 N–H and O–H groups in total. The molecule has 0 radical (unpaired) electrons. The Hall–Kier alpha value is -2.04. The molecule has 0 bridgehead atoms. The topological polar surface area (TPSA) is 30.9 Å². The second-order valence-electron chi connectivity index (χ2n) is 5.00. The normalized spacial score (nSPS) is 19.0. The van der Waals surface area contributed by atoms with Gasteiger partial charge in [0.1, 0.15) is 24.2 Å². The SMILES string of the molecule is COc1ccc2c(c1)OCCN(C)OC2c1ccccc1. The van der Waals surface area contributed by atoms with Crippen LogP contribution in [0.15, 0.2) is 48.5 Å². The van der Waals surface area contributed by atoms with E-state index >= 15 is 0 Å². The summed E-state index contributed by atoms with van der Waals surface area (Å²) in [4.78, 5) is 6.09. The van der Waals surface area contributed by atoms with Crippen molar-refractivity contribution in [1.82, 2.24) is 5.06 Å². The predicted molar refractivity (Wildman–Crippen MR) is 80.5 cm³/mol. The number of nitrogens with zero attached hydrogens (tertiary/aromatic N) is 1. The van der Waals surface area contributed by atoms with Gasteiger partial charge >= 0.3 is 0 Å². The van der Waals surface area contributed by atoms with Crippen molar-refractivity contribution < 1.29 is 14.3 Å². The molecule has 3 rings (SSSR count). The molecule has 0 aliphatic carbocycles. The smallest absolute Gasteiger partial charge is 0.133 e. The molecule has 0 amide bonds. The molecule has 1 heterocycles. The zero-order valence-corrected chi connectivity index (χ0v) is 12.3. The lowest BCUT2D eigenvalue weighted by Gasteiger charge is -2.29. The summed E-state index contributed by atoms with van der Waals surface area (Å²) in [5.41, 5.74) is 2.11. The second kappa shape index (κ2) is 6.16. The van der Waals surface area contributed by atoms with E-state index in [0.717, 1.165) is 22.6 Å². The molecule has 0 saturated heterocycles. The van der Waals surface area contributed by atoms with Crippen LogP contribution in [0.3, 0.4) is 0 Å². The summed E-state index contributed by atoms with van der Waals surface area (Å²) < 4.78 is 11.2. The van der Waals surface area contributed by atoms with Crippen molar-refractivity contribution in [3.63, 3.8) is 0 Å². The Kier molecular flexibility index (Phi) is 4.08. The average Bonchev–Trinajstić information content (AvgIpc) is 2.52. The zero-order valence-electron chi connectivity index (χ0n) is 12.3. The lowest BCUT2D eigenvalue weighted by Crippen LogP contribution is -2.29. The molecule has 110 valence electrons. The van der Waals surface area contributed by atoms with Crippen LogP contribution in [0.4, 0.5) is 0 Å². The van der Waals surface area contributed by atoms with Crippen molar-refractivity contribution in [2.24, 2.45) is 0 Å². The third-order valence-corrected chi connectivity index (χ3v) is 3.55. The molecule has 1 aliphatic rings. The molecule has 4 heteroatoms. The fourth-order valence-corrected chi connectivity index (χ4v) is 2.43. The van der Waals surface area contributed by atoms with Gasteiger partial charge in [0.15, 0.2) is 0 Å².